The monoisotopic (exact) mass is 381 g/mol. The van der Waals surface area contributed by atoms with E-state index in [0.717, 1.165) is 6.07 Å². The number of ether oxygens (including phenoxy) is 1. The molecule has 1 aromatic heterocycles. The Morgan fingerprint density at radius 3 is 2.85 bits per heavy atom. The summed E-state index contributed by atoms with van der Waals surface area (Å²) >= 11 is 5.56. The molecule has 0 unspecified atom stereocenters. The Kier molecular flexibility index (Phi) is 6.74. The van der Waals surface area contributed by atoms with Crippen LogP contribution in [0.25, 0.3) is 0 Å². The summed E-state index contributed by atoms with van der Waals surface area (Å²) in [4.78, 5) is 27.4. The zero-order chi connectivity index (χ0) is 19.1. The Hall–Kier alpha value is -2.87. The molecule has 0 aliphatic heterocycles. The molecule has 1 aromatic carbocycles. The molecule has 138 valence electrons. The van der Waals surface area contributed by atoms with Crippen LogP contribution in [0.1, 0.15) is 22.9 Å². The van der Waals surface area contributed by atoms with Gasteiger partial charge in [-0.2, -0.15) is 0 Å². The number of benzene rings is 1. The summed E-state index contributed by atoms with van der Waals surface area (Å²) in [6.45, 7) is 5.27. The molecule has 2 N–H and O–H groups in total. The molecule has 0 radical (unpaired) electrons. The second kappa shape index (κ2) is 9.00. The number of amides is 2. The molecule has 26 heavy (non-hydrogen) atoms. The van der Waals surface area contributed by atoms with Crippen molar-refractivity contribution in [2.45, 2.75) is 13.3 Å². The van der Waals surface area contributed by atoms with Crippen molar-refractivity contribution in [3.8, 4) is 5.75 Å². The van der Waals surface area contributed by atoms with Gasteiger partial charge < -0.3 is 19.8 Å². The first-order chi connectivity index (χ1) is 12.3. The highest BCUT2D eigenvalue weighted by atomic mass is 35.5. The van der Waals surface area contributed by atoms with Gasteiger partial charge in [-0.1, -0.05) is 18.2 Å². The first-order valence-electron chi connectivity index (χ1n) is 7.61. The fourth-order valence-corrected chi connectivity index (χ4v) is 2.01. The number of nitrogens with zero attached hydrogens (tertiary/aromatic N) is 1. The molecule has 0 spiro atoms. The molecule has 0 aliphatic rings. The van der Waals surface area contributed by atoms with E-state index in [0.29, 0.717) is 18.0 Å². The van der Waals surface area contributed by atoms with Crippen LogP contribution in [0, 0.1) is 12.7 Å². The lowest BCUT2D eigenvalue weighted by Crippen LogP contribution is -2.30. The van der Waals surface area contributed by atoms with Crippen LogP contribution < -0.4 is 15.4 Å². The van der Waals surface area contributed by atoms with Crippen LogP contribution in [0.3, 0.4) is 0 Å². The van der Waals surface area contributed by atoms with Gasteiger partial charge in [-0.05, 0) is 12.1 Å². The number of hydrogen-bond donors (Lipinski definition) is 2. The molecule has 1 heterocycles. The molecule has 0 aliphatic carbocycles. The first-order valence-corrected chi connectivity index (χ1v) is 7.99. The number of carbonyl (C=O) groups excluding carboxylic acids is 2. The summed E-state index contributed by atoms with van der Waals surface area (Å²) in [7, 11) is 0. The second-order valence-corrected chi connectivity index (χ2v) is 5.67. The normalized spacial score (nSPS) is 10.3. The van der Waals surface area contributed by atoms with E-state index in [1.165, 1.54) is 18.3 Å². The number of halogens is 2. The average Bonchev–Trinajstić information content (AvgIpc) is 3.02. The Bertz CT molecular complexity index is 822. The number of nitrogens with one attached hydrogen (secondary N) is 2. The lowest BCUT2D eigenvalue weighted by atomic mass is 10.3. The van der Waals surface area contributed by atoms with Gasteiger partial charge in [-0.25, -0.2) is 9.37 Å². The predicted octanol–water partition coefficient (Wildman–Crippen LogP) is 2.60. The van der Waals surface area contributed by atoms with Gasteiger partial charge in [0.25, 0.3) is 11.8 Å². The maximum absolute atomic E-state index is 13.3. The molecule has 9 heteroatoms. The van der Waals surface area contributed by atoms with E-state index in [1.54, 1.807) is 6.92 Å². The van der Waals surface area contributed by atoms with Gasteiger partial charge in [0.2, 0.25) is 5.76 Å². The predicted molar refractivity (Wildman–Crippen MR) is 92.4 cm³/mol. The van der Waals surface area contributed by atoms with Crippen LogP contribution in [0.4, 0.5) is 4.39 Å². The zero-order valence-corrected chi connectivity index (χ0v) is 14.7. The largest absolute Gasteiger partial charge is 0.484 e. The van der Waals surface area contributed by atoms with Crippen LogP contribution in [0.15, 0.2) is 41.1 Å². The molecular weight excluding hydrogens is 365 g/mol. The summed E-state index contributed by atoms with van der Waals surface area (Å²) in [6.07, 6.45) is 1.65. The minimum Gasteiger partial charge on any atom is -0.484 e. The summed E-state index contributed by atoms with van der Waals surface area (Å²) in [5.74, 6) is -0.803. The highest BCUT2D eigenvalue weighted by molar-refractivity contribution is 6.30. The van der Waals surface area contributed by atoms with Gasteiger partial charge >= 0.3 is 0 Å². The van der Waals surface area contributed by atoms with Crippen molar-refractivity contribution in [1.82, 2.24) is 15.6 Å². The van der Waals surface area contributed by atoms with Crippen LogP contribution >= 0.6 is 11.6 Å². The minimum atomic E-state index is -0.633. The summed E-state index contributed by atoms with van der Waals surface area (Å²) < 4.78 is 23.5. The minimum absolute atomic E-state index is 0.0299. The third-order valence-electron chi connectivity index (χ3n) is 3.13. The molecule has 0 fully saturated rings. The average molecular weight is 382 g/mol. The third-order valence-corrected chi connectivity index (χ3v) is 3.44. The highest BCUT2D eigenvalue weighted by Gasteiger charge is 2.11. The van der Waals surface area contributed by atoms with E-state index in [2.05, 4.69) is 22.2 Å². The van der Waals surface area contributed by atoms with E-state index in [9.17, 15) is 14.0 Å². The summed E-state index contributed by atoms with van der Waals surface area (Å²) in [5, 5.41) is 5.11. The fraction of sp³-hybridized carbons (Fsp3) is 0.235. The second-order valence-electron chi connectivity index (χ2n) is 5.27. The van der Waals surface area contributed by atoms with Gasteiger partial charge in [0.15, 0.2) is 12.5 Å². The van der Waals surface area contributed by atoms with Gasteiger partial charge in [-0.3, -0.25) is 9.59 Å². The number of aryl methyl sites for hydroxylation is 1. The molecule has 0 bridgehead atoms. The Morgan fingerprint density at radius 1 is 1.42 bits per heavy atom. The van der Waals surface area contributed by atoms with E-state index < -0.39 is 17.6 Å². The summed E-state index contributed by atoms with van der Waals surface area (Å²) in [5.41, 5.74) is 0.398. The van der Waals surface area contributed by atoms with Gasteiger partial charge in [-0.15, -0.1) is 0 Å². The first kappa shape index (κ1) is 19.5. The third kappa shape index (κ3) is 5.89. The summed E-state index contributed by atoms with van der Waals surface area (Å²) in [6, 6.07) is 3.88. The standard InChI is InChI=1S/C17H17ClFN3O4/c1-10(5-6-20-17(24)15-8-21-11(2)26-15)22-16(23)9-25-12-3-4-13(18)14(19)7-12/h3-4,7-8H,1,5-6,9H2,2H3,(H,20,24)(H,22,23). The number of aromatic nitrogens is 1. The van der Waals surface area contributed by atoms with Crippen LogP contribution in [0.2, 0.25) is 5.02 Å². The Labute approximate surface area is 154 Å². The maximum atomic E-state index is 13.3. The van der Waals surface area contributed by atoms with Crippen LogP contribution in [0.5, 0.6) is 5.75 Å². The van der Waals surface area contributed by atoms with Gasteiger partial charge in [0.05, 0.1) is 11.2 Å². The lowest BCUT2D eigenvalue weighted by Gasteiger charge is -2.10. The van der Waals surface area contributed by atoms with Crippen molar-refractivity contribution < 1.29 is 23.1 Å². The van der Waals surface area contributed by atoms with Crippen LogP contribution in [-0.4, -0.2) is 29.9 Å². The Balaban J connectivity index is 1.67. The SMILES string of the molecule is C=C(CCNC(=O)c1cnc(C)o1)NC(=O)COc1ccc(Cl)c(F)c1. The lowest BCUT2D eigenvalue weighted by molar-refractivity contribution is -0.122. The smallest absolute Gasteiger partial charge is 0.288 e. The molecule has 2 rings (SSSR count). The number of oxazole rings is 1. The van der Waals surface area contributed by atoms with Crippen molar-refractivity contribution in [2.75, 3.05) is 13.2 Å². The van der Waals surface area contributed by atoms with Crippen molar-refractivity contribution in [3.63, 3.8) is 0 Å². The van der Waals surface area contributed by atoms with Crippen molar-refractivity contribution in [2.24, 2.45) is 0 Å². The highest BCUT2D eigenvalue weighted by Crippen LogP contribution is 2.20. The van der Waals surface area contributed by atoms with Gasteiger partial charge in [0, 0.05) is 31.7 Å². The van der Waals surface area contributed by atoms with Crippen LogP contribution in [-0.2, 0) is 4.79 Å². The molecule has 0 atom stereocenters. The topological polar surface area (TPSA) is 93.5 Å². The number of rotatable bonds is 8. The van der Waals surface area contributed by atoms with Crippen molar-refractivity contribution in [3.05, 3.63) is 59.2 Å². The number of hydrogen-bond acceptors (Lipinski definition) is 5. The van der Waals surface area contributed by atoms with Crippen molar-refractivity contribution in [1.29, 1.82) is 0 Å². The van der Waals surface area contributed by atoms with E-state index >= 15 is 0 Å². The maximum Gasteiger partial charge on any atom is 0.288 e. The molecule has 0 saturated heterocycles. The molecule has 2 amide bonds. The van der Waals surface area contributed by atoms with Gasteiger partial charge in [0.1, 0.15) is 11.6 Å². The molecular formula is C17H17ClFN3O4. The molecule has 7 nitrogen and oxygen atoms in total. The van der Waals surface area contributed by atoms with E-state index in [-0.39, 0.29) is 29.7 Å². The fourth-order valence-electron chi connectivity index (χ4n) is 1.89. The number of carbonyl (C=O) groups is 2. The van der Waals surface area contributed by atoms with Crippen molar-refractivity contribution >= 4 is 23.4 Å². The quantitative estimate of drug-likeness (QED) is 0.733. The zero-order valence-electron chi connectivity index (χ0n) is 14.0. The molecule has 0 saturated carbocycles. The van der Waals surface area contributed by atoms with E-state index in [1.807, 2.05) is 0 Å². The Morgan fingerprint density at radius 2 is 2.19 bits per heavy atom. The van der Waals surface area contributed by atoms with E-state index in [4.69, 9.17) is 20.8 Å². The molecule has 2 aromatic rings.